The van der Waals surface area contributed by atoms with E-state index in [2.05, 4.69) is 6.58 Å². The third kappa shape index (κ3) is 4.51. The first-order chi connectivity index (χ1) is 8.71. The molecule has 1 N–H and O–H groups in total. The molecule has 0 unspecified atom stereocenters. The van der Waals surface area contributed by atoms with Gasteiger partial charge in [-0.2, -0.15) is 0 Å². The van der Waals surface area contributed by atoms with Crippen LogP contribution >= 0.6 is 0 Å². The van der Waals surface area contributed by atoms with Crippen LogP contribution in [0, 0.1) is 0 Å². The lowest BCUT2D eigenvalue weighted by Crippen LogP contribution is -2.27. The summed E-state index contributed by atoms with van der Waals surface area (Å²) in [4.78, 5) is 0. The number of benzene rings is 1. The number of aliphatic hydroxyl groups excluding tert-OH is 1. The minimum absolute atomic E-state index is 0.186. The summed E-state index contributed by atoms with van der Waals surface area (Å²) in [5.41, 5.74) is 1.06. The molecule has 2 atom stereocenters. The molecule has 0 spiro atoms. The van der Waals surface area contributed by atoms with Gasteiger partial charge in [0.25, 0.3) is 0 Å². The molecule has 1 aromatic carbocycles. The van der Waals surface area contributed by atoms with Gasteiger partial charge in [-0.25, -0.2) is 0 Å². The van der Waals surface area contributed by atoms with Crippen molar-refractivity contribution in [2.45, 2.75) is 38.6 Å². The van der Waals surface area contributed by atoms with Crippen LogP contribution < -0.4 is 4.74 Å². The number of ether oxygens (including phenoxy) is 2. The van der Waals surface area contributed by atoms with E-state index in [1.54, 1.807) is 13.2 Å². The number of hydrogen-bond acceptors (Lipinski definition) is 3. The molecule has 3 nitrogen and oxygen atoms in total. The molecule has 0 aliphatic carbocycles. The van der Waals surface area contributed by atoms with E-state index in [-0.39, 0.29) is 6.10 Å². The highest BCUT2D eigenvalue weighted by Gasteiger charge is 2.16. The molecule has 0 saturated carbocycles. The summed E-state index contributed by atoms with van der Waals surface area (Å²) in [6.45, 7) is 6.11. The van der Waals surface area contributed by atoms with Gasteiger partial charge >= 0.3 is 0 Å². The zero-order chi connectivity index (χ0) is 13.4. The SMILES string of the molecule is C=CC[C@@H](OCc1ccc(OC)cc1)[C@H](O)CC. The highest BCUT2D eigenvalue weighted by Crippen LogP contribution is 2.15. The van der Waals surface area contributed by atoms with Crippen LogP contribution in [0.5, 0.6) is 5.75 Å². The van der Waals surface area contributed by atoms with E-state index in [1.165, 1.54) is 0 Å². The zero-order valence-corrected chi connectivity index (χ0v) is 11.1. The quantitative estimate of drug-likeness (QED) is 0.721. The highest BCUT2D eigenvalue weighted by molar-refractivity contribution is 5.26. The molecule has 18 heavy (non-hydrogen) atoms. The van der Waals surface area contributed by atoms with Crippen molar-refractivity contribution in [2.24, 2.45) is 0 Å². The van der Waals surface area contributed by atoms with E-state index in [1.807, 2.05) is 31.2 Å². The van der Waals surface area contributed by atoms with Crippen LogP contribution in [-0.2, 0) is 11.3 Å². The average molecular weight is 250 g/mol. The standard InChI is InChI=1S/C15H22O3/c1-4-6-15(14(16)5-2)18-11-12-7-9-13(17-3)10-8-12/h4,7-10,14-16H,1,5-6,11H2,2-3H3/t14-,15-/m1/s1. The molecule has 0 bridgehead atoms. The van der Waals surface area contributed by atoms with Crippen molar-refractivity contribution in [3.8, 4) is 5.75 Å². The molecular weight excluding hydrogens is 228 g/mol. The van der Waals surface area contributed by atoms with Crippen LogP contribution in [0.4, 0.5) is 0 Å². The van der Waals surface area contributed by atoms with E-state index in [0.29, 0.717) is 19.4 Å². The van der Waals surface area contributed by atoms with E-state index < -0.39 is 6.10 Å². The fraction of sp³-hybridized carbons (Fsp3) is 0.467. The van der Waals surface area contributed by atoms with Crippen molar-refractivity contribution in [3.63, 3.8) is 0 Å². The largest absolute Gasteiger partial charge is 0.497 e. The molecule has 1 rings (SSSR count). The van der Waals surface area contributed by atoms with Gasteiger partial charge in [-0.1, -0.05) is 25.1 Å². The first kappa shape index (κ1) is 14.7. The Kier molecular flexibility index (Phi) is 6.47. The Bertz CT molecular complexity index is 345. The maximum Gasteiger partial charge on any atom is 0.118 e. The van der Waals surface area contributed by atoms with Crippen LogP contribution in [0.2, 0.25) is 0 Å². The molecule has 0 saturated heterocycles. The Balaban J connectivity index is 2.52. The van der Waals surface area contributed by atoms with Gasteiger partial charge in [-0.05, 0) is 30.5 Å². The Morgan fingerprint density at radius 3 is 2.50 bits per heavy atom. The summed E-state index contributed by atoms with van der Waals surface area (Å²) >= 11 is 0. The van der Waals surface area contributed by atoms with Crippen LogP contribution in [0.1, 0.15) is 25.3 Å². The van der Waals surface area contributed by atoms with Gasteiger partial charge < -0.3 is 14.6 Å². The fourth-order valence-corrected chi connectivity index (χ4v) is 1.69. The molecule has 0 aliphatic rings. The van der Waals surface area contributed by atoms with Crippen molar-refractivity contribution in [3.05, 3.63) is 42.5 Å². The molecule has 0 amide bonds. The second-order valence-corrected chi connectivity index (χ2v) is 4.20. The molecule has 0 radical (unpaired) electrons. The van der Waals surface area contributed by atoms with Crippen LogP contribution in [0.3, 0.4) is 0 Å². The van der Waals surface area contributed by atoms with Crippen molar-refractivity contribution in [1.29, 1.82) is 0 Å². The summed E-state index contributed by atoms with van der Waals surface area (Å²) in [5.74, 6) is 0.829. The highest BCUT2D eigenvalue weighted by atomic mass is 16.5. The van der Waals surface area contributed by atoms with E-state index >= 15 is 0 Å². The molecule has 1 aromatic rings. The van der Waals surface area contributed by atoms with E-state index in [0.717, 1.165) is 11.3 Å². The van der Waals surface area contributed by atoms with Crippen molar-refractivity contribution >= 4 is 0 Å². The van der Waals surface area contributed by atoms with Gasteiger partial charge in [0.1, 0.15) is 5.75 Å². The summed E-state index contributed by atoms with van der Waals surface area (Å²) in [5, 5.41) is 9.82. The summed E-state index contributed by atoms with van der Waals surface area (Å²) < 4.78 is 10.8. The minimum atomic E-state index is -0.443. The summed E-state index contributed by atoms with van der Waals surface area (Å²) in [6, 6.07) is 7.72. The Labute approximate surface area is 109 Å². The molecule has 3 heteroatoms. The maximum absolute atomic E-state index is 9.82. The number of rotatable bonds is 8. The smallest absolute Gasteiger partial charge is 0.118 e. The van der Waals surface area contributed by atoms with Gasteiger partial charge in [0.2, 0.25) is 0 Å². The second-order valence-electron chi connectivity index (χ2n) is 4.20. The first-order valence-electron chi connectivity index (χ1n) is 6.24. The Hall–Kier alpha value is -1.32. The van der Waals surface area contributed by atoms with Crippen LogP contribution in [0.25, 0.3) is 0 Å². The van der Waals surface area contributed by atoms with Crippen LogP contribution in [-0.4, -0.2) is 24.4 Å². The van der Waals surface area contributed by atoms with Gasteiger partial charge in [-0.15, -0.1) is 6.58 Å². The lowest BCUT2D eigenvalue weighted by atomic mass is 10.1. The predicted molar refractivity (Wildman–Crippen MR) is 72.7 cm³/mol. The molecular formula is C15H22O3. The molecule has 0 heterocycles. The third-order valence-corrected chi connectivity index (χ3v) is 2.87. The molecule has 0 fully saturated rings. The maximum atomic E-state index is 9.82. The van der Waals surface area contributed by atoms with Crippen molar-refractivity contribution in [1.82, 2.24) is 0 Å². The van der Waals surface area contributed by atoms with Crippen molar-refractivity contribution < 1.29 is 14.6 Å². The van der Waals surface area contributed by atoms with Gasteiger partial charge in [0, 0.05) is 0 Å². The summed E-state index contributed by atoms with van der Waals surface area (Å²) in [7, 11) is 1.64. The Morgan fingerprint density at radius 2 is 2.00 bits per heavy atom. The van der Waals surface area contributed by atoms with Gasteiger partial charge in [0.15, 0.2) is 0 Å². The van der Waals surface area contributed by atoms with Gasteiger partial charge in [0.05, 0.1) is 25.9 Å². The molecule has 0 aromatic heterocycles. The van der Waals surface area contributed by atoms with Crippen molar-refractivity contribution in [2.75, 3.05) is 7.11 Å². The predicted octanol–water partition coefficient (Wildman–Crippen LogP) is 2.93. The normalized spacial score (nSPS) is 13.9. The fourth-order valence-electron chi connectivity index (χ4n) is 1.69. The average Bonchev–Trinajstić information content (AvgIpc) is 2.43. The number of aliphatic hydroxyl groups is 1. The number of hydrogen-bond donors (Lipinski definition) is 1. The minimum Gasteiger partial charge on any atom is -0.497 e. The van der Waals surface area contributed by atoms with E-state index in [9.17, 15) is 5.11 Å². The van der Waals surface area contributed by atoms with Gasteiger partial charge in [-0.3, -0.25) is 0 Å². The van der Waals surface area contributed by atoms with E-state index in [4.69, 9.17) is 9.47 Å². The van der Waals surface area contributed by atoms with Crippen LogP contribution in [0.15, 0.2) is 36.9 Å². The first-order valence-corrected chi connectivity index (χ1v) is 6.24. The third-order valence-electron chi connectivity index (χ3n) is 2.87. The monoisotopic (exact) mass is 250 g/mol. The molecule has 0 aliphatic heterocycles. The lowest BCUT2D eigenvalue weighted by molar-refractivity contribution is -0.0447. The summed E-state index contributed by atoms with van der Waals surface area (Å²) in [6.07, 6.45) is 2.49. The zero-order valence-electron chi connectivity index (χ0n) is 11.1. The second kappa shape index (κ2) is 7.90. The lowest BCUT2D eigenvalue weighted by Gasteiger charge is -2.21. The topological polar surface area (TPSA) is 38.7 Å². The number of methoxy groups -OCH3 is 1. The Morgan fingerprint density at radius 1 is 1.33 bits per heavy atom. The molecule has 100 valence electrons.